The second-order valence-corrected chi connectivity index (χ2v) is 6.23. The van der Waals surface area contributed by atoms with Crippen LogP contribution in [0.5, 0.6) is 5.75 Å². The molecule has 128 valence electrons. The summed E-state index contributed by atoms with van der Waals surface area (Å²) in [5, 5.41) is 2.72. The van der Waals surface area contributed by atoms with E-state index >= 15 is 0 Å². The Kier molecular flexibility index (Phi) is 5.19. The van der Waals surface area contributed by atoms with Crippen LogP contribution in [-0.2, 0) is 4.79 Å². The van der Waals surface area contributed by atoms with E-state index in [0.29, 0.717) is 12.1 Å². The minimum Gasteiger partial charge on any atom is -0.484 e. The van der Waals surface area contributed by atoms with Gasteiger partial charge in [-0.25, -0.2) is 0 Å². The van der Waals surface area contributed by atoms with Crippen LogP contribution >= 0.6 is 0 Å². The quantitative estimate of drug-likeness (QED) is 0.888. The van der Waals surface area contributed by atoms with Crippen LogP contribution in [0, 0.1) is 5.92 Å². The average Bonchev–Trinajstić information content (AvgIpc) is 2.44. The fourth-order valence-corrected chi connectivity index (χ4v) is 2.85. The van der Waals surface area contributed by atoms with Crippen molar-refractivity contribution >= 4 is 11.6 Å². The molecule has 1 aliphatic rings. The molecule has 1 aromatic rings. The van der Waals surface area contributed by atoms with E-state index in [2.05, 4.69) is 10.1 Å². The van der Waals surface area contributed by atoms with Gasteiger partial charge in [-0.2, -0.15) is 13.2 Å². The third-order valence-corrected chi connectivity index (χ3v) is 4.07. The third kappa shape index (κ3) is 5.13. The van der Waals surface area contributed by atoms with Gasteiger partial charge in [-0.3, -0.25) is 4.79 Å². The Bertz CT molecular complexity index is 559. The van der Waals surface area contributed by atoms with Crippen molar-refractivity contribution in [1.82, 2.24) is 0 Å². The molecule has 2 atom stereocenters. The second-order valence-electron chi connectivity index (χ2n) is 6.23. The summed E-state index contributed by atoms with van der Waals surface area (Å²) >= 11 is 0. The number of nitrogens with two attached hydrogens (primary N) is 1. The number of carbonyl (C=O) groups excluding carboxylic acids is 1. The Morgan fingerprint density at radius 1 is 1.43 bits per heavy atom. The Balaban J connectivity index is 2.01. The molecule has 23 heavy (non-hydrogen) atoms. The van der Waals surface area contributed by atoms with E-state index in [1.807, 2.05) is 6.92 Å². The Morgan fingerprint density at radius 3 is 2.83 bits per heavy atom. The number of rotatable bonds is 4. The number of halogens is 3. The molecule has 1 amide bonds. The Hall–Kier alpha value is -1.76. The van der Waals surface area contributed by atoms with Crippen LogP contribution in [0.2, 0.25) is 0 Å². The predicted octanol–water partition coefficient (Wildman–Crippen LogP) is 3.47. The highest BCUT2D eigenvalue weighted by atomic mass is 19.4. The Morgan fingerprint density at radius 2 is 2.17 bits per heavy atom. The summed E-state index contributed by atoms with van der Waals surface area (Å²) in [5.74, 6) is -0.460. The van der Waals surface area contributed by atoms with Crippen molar-refractivity contribution in [1.29, 1.82) is 0 Å². The first-order valence-corrected chi connectivity index (χ1v) is 7.57. The maximum atomic E-state index is 12.4. The molecule has 0 heterocycles. The molecule has 0 spiro atoms. The van der Waals surface area contributed by atoms with Crippen molar-refractivity contribution in [3.05, 3.63) is 24.3 Å². The van der Waals surface area contributed by atoms with Gasteiger partial charge in [-0.15, -0.1) is 0 Å². The highest BCUT2D eigenvalue weighted by molar-refractivity contribution is 5.93. The minimum absolute atomic E-state index is 0.0549. The number of alkyl halides is 3. The smallest absolute Gasteiger partial charge is 0.422 e. The molecule has 0 bridgehead atoms. The van der Waals surface area contributed by atoms with E-state index < -0.39 is 18.3 Å². The van der Waals surface area contributed by atoms with E-state index in [4.69, 9.17) is 5.73 Å². The second kappa shape index (κ2) is 6.78. The number of benzene rings is 1. The SMILES string of the molecule is CC1(N)CCCCC1C(=O)Nc1cccc(OCC(F)(F)F)c1. The number of amides is 1. The standard InChI is InChI=1S/C16H21F3N2O2/c1-15(20)8-3-2-7-13(15)14(22)21-11-5-4-6-12(9-11)23-10-16(17,18)19/h4-6,9,13H,2-3,7-8,10,20H2,1H3,(H,21,22). The zero-order chi connectivity index (χ0) is 17.1. The molecule has 1 fully saturated rings. The highest BCUT2D eigenvalue weighted by Gasteiger charge is 2.37. The van der Waals surface area contributed by atoms with Crippen LogP contribution in [0.15, 0.2) is 24.3 Å². The van der Waals surface area contributed by atoms with Gasteiger partial charge in [0.05, 0.1) is 5.92 Å². The maximum Gasteiger partial charge on any atom is 0.422 e. The van der Waals surface area contributed by atoms with Crippen molar-refractivity contribution < 1.29 is 22.7 Å². The molecule has 7 heteroatoms. The van der Waals surface area contributed by atoms with Crippen LogP contribution in [0.25, 0.3) is 0 Å². The number of hydrogen-bond acceptors (Lipinski definition) is 3. The Labute approximate surface area is 133 Å². The summed E-state index contributed by atoms with van der Waals surface area (Å²) in [7, 11) is 0. The first-order valence-electron chi connectivity index (χ1n) is 7.57. The first kappa shape index (κ1) is 17.6. The summed E-state index contributed by atoms with van der Waals surface area (Å²) in [6.45, 7) is 0.493. The molecule has 4 nitrogen and oxygen atoms in total. The van der Waals surface area contributed by atoms with Gasteiger partial charge in [0.15, 0.2) is 6.61 Å². The molecule has 2 rings (SSSR count). The number of ether oxygens (including phenoxy) is 1. The van der Waals surface area contributed by atoms with Gasteiger partial charge >= 0.3 is 6.18 Å². The molecule has 3 N–H and O–H groups in total. The lowest BCUT2D eigenvalue weighted by Gasteiger charge is -2.37. The molecule has 1 aliphatic carbocycles. The largest absolute Gasteiger partial charge is 0.484 e. The van der Waals surface area contributed by atoms with Gasteiger partial charge in [0, 0.05) is 17.3 Å². The molecule has 0 saturated heterocycles. The van der Waals surface area contributed by atoms with E-state index in [-0.39, 0.29) is 17.6 Å². The van der Waals surface area contributed by atoms with Crippen LogP contribution in [-0.4, -0.2) is 24.2 Å². The molecule has 1 aromatic carbocycles. The van der Waals surface area contributed by atoms with E-state index in [9.17, 15) is 18.0 Å². The van der Waals surface area contributed by atoms with Crippen LogP contribution in [0.3, 0.4) is 0 Å². The normalized spacial score (nSPS) is 25.0. The van der Waals surface area contributed by atoms with Crippen molar-refractivity contribution in [2.75, 3.05) is 11.9 Å². The van der Waals surface area contributed by atoms with Gasteiger partial charge in [-0.1, -0.05) is 18.9 Å². The fourth-order valence-electron chi connectivity index (χ4n) is 2.85. The van der Waals surface area contributed by atoms with Gasteiger partial charge in [0.2, 0.25) is 5.91 Å². The molecule has 0 radical (unpaired) electrons. The van der Waals surface area contributed by atoms with Crippen LogP contribution < -0.4 is 15.8 Å². The molecule has 0 aromatic heterocycles. The van der Waals surface area contributed by atoms with Crippen molar-refractivity contribution in [2.45, 2.75) is 44.3 Å². The highest BCUT2D eigenvalue weighted by Crippen LogP contribution is 2.32. The van der Waals surface area contributed by atoms with Crippen LogP contribution in [0.1, 0.15) is 32.6 Å². The molecular weight excluding hydrogens is 309 g/mol. The summed E-state index contributed by atoms with van der Waals surface area (Å²) in [6, 6.07) is 5.92. The summed E-state index contributed by atoms with van der Waals surface area (Å²) in [6.07, 6.45) is -0.969. The zero-order valence-corrected chi connectivity index (χ0v) is 13.0. The number of nitrogens with one attached hydrogen (secondary N) is 1. The van der Waals surface area contributed by atoms with Gasteiger partial charge in [0.25, 0.3) is 0 Å². The molecular formula is C16H21F3N2O2. The number of anilines is 1. The third-order valence-electron chi connectivity index (χ3n) is 4.07. The predicted molar refractivity (Wildman–Crippen MR) is 81.2 cm³/mol. The van der Waals surface area contributed by atoms with Crippen molar-refractivity contribution in [3.8, 4) is 5.75 Å². The lowest BCUT2D eigenvalue weighted by molar-refractivity contribution is -0.153. The summed E-state index contributed by atoms with van der Waals surface area (Å²) in [5.41, 5.74) is 6.03. The molecule has 2 unspecified atom stereocenters. The average molecular weight is 330 g/mol. The van der Waals surface area contributed by atoms with E-state index in [1.165, 1.54) is 18.2 Å². The van der Waals surface area contributed by atoms with E-state index in [1.54, 1.807) is 6.07 Å². The fraction of sp³-hybridized carbons (Fsp3) is 0.562. The molecule has 0 aliphatic heterocycles. The number of hydrogen-bond donors (Lipinski definition) is 2. The lowest BCUT2D eigenvalue weighted by atomic mass is 9.74. The van der Waals surface area contributed by atoms with Gasteiger partial charge < -0.3 is 15.8 Å². The van der Waals surface area contributed by atoms with Gasteiger partial charge in [-0.05, 0) is 31.9 Å². The van der Waals surface area contributed by atoms with Crippen LogP contribution in [0.4, 0.5) is 18.9 Å². The van der Waals surface area contributed by atoms with E-state index in [0.717, 1.165) is 19.3 Å². The lowest BCUT2D eigenvalue weighted by Crippen LogP contribution is -2.51. The molecule has 1 saturated carbocycles. The van der Waals surface area contributed by atoms with Gasteiger partial charge in [0.1, 0.15) is 5.75 Å². The van der Waals surface area contributed by atoms with Crippen molar-refractivity contribution in [2.24, 2.45) is 11.7 Å². The first-order chi connectivity index (χ1) is 10.7. The van der Waals surface area contributed by atoms with Crippen molar-refractivity contribution in [3.63, 3.8) is 0 Å². The summed E-state index contributed by atoms with van der Waals surface area (Å²) in [4.78, 5) is 12.4. The number of carbonyl (C=O) groups is 1. The monoisotopic (exact) mass is 330 g/mol. The summed E-state index contributed by atoms with van der Waals surface area (Å²) < 4.78 is 41.2. The topological polar surface area (TPSA) is 64.4 Å². The zero-order valence-electron chi connectivity index (χ0n) is 13.0. The minimum atomic E-state index is -4.40. The maximum absolute atomic E-state index is 12.4.